The summed E-state index contributed by atoms with van der Waals surface area (Å²) in [7, 11) is 2.01. The van der Waals surface area contributed by atoms with Crippen molar-refractivity contribution in [1.82, 2.24) is 10.2 Å². The molecule has 0 spiro atoms. The third-order valence-electron chi connectivity index (χ3n) is 5.68. The minimum Gasteiger partial charge on any atom is -0.343 e. The van der Waals surface area contributed by atoms with Gasteiger partial charge in [-0.15, -0.1) is 12.4 Å². The second kappa shape index (κ2) is 9.43. The molecule has 1 aromatic rings. The molecule has 2 aliphatic rings. The zero-order valence-corrected chi connectivity index (χ0v) is 15.6. The summed E-state index contributed by atoms with van der Waals surface area (Å²) in [5.74, 6) is 1.73. The van der Waals surface area contributed by atoms with Crippen molar-refractivity contribution in [3.05, 3.63) is 35.4 Å². The van der Waals surface area contributed by atoms with Crippen molar-refractivity contribution >= 4 is 18.3 Å². The summed E-state index contributed by atoms with van der Waals surface area (Å²) in [6.45, 7) is 3.03. The number of fused-ring (bicyclic) bond motifs is 1. The molecule has 1 atom stereocenters. The molecule has 24 heavy (non-hydrogen) atoms. The predicted molar refractivity (Wildman–Crippen MR) is 102 cm³/mol. The minimum atomic E-state index is 0. The van der Waals surface area contributed by atoms with Crippen LogP contribution in [0.4, 0.5) is 0 Å². The lowest BCUT2D eigenvalue weighted by Crippen LogP contribution is -2.40. The summed E-state index contributed by atoms with van der Waals surface area (Å²) in [6.07, 6.45) is 7.75. The lowest BCUT2D eigenvalue weighted by molar-refractivity contribution is -0.133. The van der Waals surface area contributed by atoms with Gasteiger partial charge in [-0.3, -0.25) is 4.79 Å². The molecule has 1 aliphatic carbocycles. The van der Waals surface area contributed by atoms with Crippen molar-refractivity contribution in [2.45, 2.75) is 44.9 Å². The maximum Gasteiger partial charge on any atom is 0.222 e. The minimum absolute atomic E-state index is 0. The van der Waals surface area contributed by atoms with Gasteiger partial charge in [-0.05, 0) is 75.1 Å². The Hall–Kier alpha value is -1.06. The Labute approximate surface area is 152 Å². The number of carbonyl (C=O) groups excluding carboxylic acids is 1. The van der Waals surface area contributed by atoms with Crippen LogP contribution >= 0.6 is 12.4 Å². The lowest BCUT2D eigenvalue weighted by Gasteiger charge is -2.33. The number of nitrogens with zero attached hydrogens (tertiary/aromatic N) is 1. The molecule has 1 saturated heterocycles. The van der Waals surface area contributed by atoms with Crippen LogP contribution in [0.2, 0.25) is 0 Å². The summed E-state index contributed by atoms with van der Waals surface area (Å²) >= 11 is 0. The Morgan fingerprint density at radius 2 is 1.83 bits per heavy atom. The Balaban J connectivity index is 0.00000208. The molecule has 3 rings (SSSR count). The SMILES string of the molecule is CNCCC1CCN(C(=O)CC2CCc3ccccc3C2)CC1.Cl. The zero-order valence-electron chi connectivity index (χ0n) is 14.8. The number of halogens is 1. The normalized spacial score (nSPS) is 21.0. The summed E-state index contributed by atoms with van der Waals surface area (Å²) in [5.41, 5.74) is 2.95. The first-order valence-corrected chi connectivity index (χ1v) is 9.25. The first-order chi connectivity index (χ1) is 11.3. The van der Waals surface area contributed by atoms with Gasteiger partial charge in [0, 0.05) is 19.5 Å². The molecular formula is C20H31ClN2O. The number of aryl methyl sites for hydroxylation is 1. The third-order valence-corrected chi connectivity index (χ3v) is 5.68. The number of hydrogen-bond acceptors (Lipinski definition) is 2. The van der Waals surface area contributed by atoms with Gasteiger partial charge in [0.1, 0.15) is 0 Å². The number of amides is 1. The maximum absolute atomic E-state index is 12.6. The Bertz CT molecular complexity index is 526. The number of benzene rings is 1. The second-order valence-corrected chi connectivity index (χ2v) is 7.30. The highest BCUT2D eigenvalue weighted by Crippen LogP contribution is 2.29. The fourth-order valence-corrected chi connectivity index (χ4v) is 4.14. The van der Waals surface area contributed by atoms with E-state index in [0.717, 1.165) is 44.8 Å². The van der Waals surface area contributed by atoms with Gasteiger partial charge in [0.15, 0.2) is 0 Å². The fraction of sp³-hybridized carbons (Fsp3) is 0.650. The van der Waals surface area contributed by atoms with E-state index in [2.05, 4.69) is 34.5 Å². The van der Waals surface area contributed by atoms with Crippen molar-refractivity contribution in [2.75, 3.05) is 26.7 Å². The molecular weight excluding hydrogens is 320 g/mol. The molecule has 134 valence electrons. The number of nitrogens with one attached hydrogen (secondary N) is 1. The quantitative estimate of drug-likeness (QED) is 0.882. The van der Waals surface area contributed by atoms with Crippen LogP contribution in [0.3, 0.4) is 0 Å². The van der Waals surface area contributed by atoms with E-state index in [1.165, 1.54) is 36.8 Å². The highest BCUT2D eigenvalue weighted by Gasteiger charge is 2.26. The van der Waals surface area contributed by atoms with E-state index in [1.54, 1.807) is 0 Å². The molecule has 0 bridgehead atoms. The topological polar surface area (TPSA) is 32.3 Å². The van der Waals surface area contributed by atoms with Crippen molar-refractivity contribution in [3.63, 3.8) is 0 Å². The van der Waals surface area contributed by atoms with Crippen LogP contribution in [0.1, 0.15) is 43.2 Å². The Kier molecular flexibility index (Phi) is 7.57. The molecule has 1 heterocycles. The van der Waals surface area contributed by atoms with Crippen molar-refractivity contribution in [1.29, 1.82) is 0 Å². The van der Waals surface area contributed by atoms with E-state index in [1.807, 2.05) is 7.05 Å². The van der Waals surface area contributed by atoms with Gasteiger partial charge in [-0.1, -0.05) is 24.3 Å². The highest BCUT2D eigenvalue weighted by atomic mass is 35.5. The van der Waals surface area contributed by atoms with Gasteiger partial charge in [0.05, 0.1) is 0 Å². The standard InChI is InChI=1S/C20H30N2O.ClH/c1-21-11-8-16-9-12-22(13-10-16)20(23)15-17-6-7-18-4-2-3-5-19(18)14-17;/h2-5,16-17,21H,6-15H2,1H3;1H. The van der Waals surface area contributed by atoms with Gasteiger partial charge < -0.3 is 10.2 Å². The van der Waals surface area contributed by atoms with Crippen molar-refractivity contribution < 1.29 is 4.79 Å². The highest BCUT2D eigenvalue weighted by molar-refractivity contribution is 5.85. The van der Waals surface area contributed by atoms with Gasteiger partial charge in [0.2, 0.25) is 5.91 Å². The number of hydrogen-bond donors (Lipinski definition) is 1. The Morgan fingerprint density at radius 1 is 1.12 bits per heavy atom. The molecule has 4 heteroatoms. The molecule has 0 saturated carbocycles. The third kappa shape index (κ3) is 4.97. The summed E-state index contributed by atoms with van der Waals surface area (Å²) in [5, 5.41) is 3.23. The monoisotopic (exact) mass is 350 g/mol. The Morgan fingerprint density at radius 3 is 2.54 bits per heavy atom. The van der Waals surface area contributed by atoms with Crippen LogP contribution in [-0.2, 0) is 17.6 Å². The van der Waals surface area contributed by atoms with Gasteiger partial charge in [-0.25, -0.2) is 0 Å². The van der Waals surface area contributed by atoms with E-state index in [4.69, 9.17) is 0 Å². The van der Waals surface area contributed by atoms with E-state index >= 15 is 0 Å². The molecule has 1 aromatic carbocycles. The van der Waals surface area contributed by atoms with E-state index in [0.29, 0.717) is 11.8 Å². The number of carbonyl (C=O) groups is 1. The molecule has 1 amide bonds. The smallest absolute Gasteiger partial charge is 0.222 e. The van der Waals surface area contributed by atoms with Crippen LogP contribution in [0.25, 0.3) is 0 Å². The average molecular weight is 351 g/mol. The number of piperidine rings is 1. The maximum atomic E-state index is 12.6. The molecule has 1 aliphatic heterocycles. The summed E-state index contributed by atoms with van der Waals surface area (Å²) in [4.78, 5) is 14.7. The molecule has 0 radical (unpaired) electrons. The van der Waals surface area contributed by atoms with Gasteiger partial charge >= 0.3 is 0 Å². The van der Waals surface area contributed by atoms with Crippen LogP contribution in [0, 0.1) is 11.8 Å². The van der Waals surface area contributed by atoms with Gasteiger partial charge in [-0.2, -0.15) is 0 Å². The van der Waals surface area contributed by atoms with E-state index in [-0.39, 0.29) is 12.4 Å². The lowest BCUT2D eigenvalue weighted by atomic mass is 9.82. The van der Waals surface area contributed by atoms with Crippen molar-refractivity contribution in [3.8, 4) is 0 Å². The largest absolute Gasteiger partial charge is 0.343 e. The second-order valence-electron chi connectivity index (χ2n) is 7.30. The molecule has 0 aromatic heterocycles. The average Bonchev–Trinajstić information content (AvgIpc) is 2.60. The van der Waals surface area contributed by atoms with Gasteiger partial charge in [0.25, 0.3) is 0 Å². The van der Waals surface area contributed by atoms with Crippen LogP contribution in [-0.4, -0.2) is 37.5 Å². The zero-order chi connectivity index (χ0) is 16.1. The number of rotatable bonds is 5. The van der Waals surface area contributed by atoms with Crippen LogP contribution in [0.15, 0.2) is 24.3 Å². The number of likely N-dealkylation sites (tertiary alicyclic amines) is 1. The van der Waals surface area contributed by atoms with Crippen LogP contribution < -0.4 is 5.32 Å². The molecule has 1 fully saturated rings. The van der Waals surface area contributed by atoms with Crippen LogP contribution in [0.5, 0.6) is 0 Å². The van der Waals surface area contributed by atoms with E-state index in [9.17, 15) is 4.79 Å². The molecule has 1 N–H and O–H groups in total. The van der Waals surface area contributed by atoms with Crippen molar-refractivity contribution in [2.24, 2.45) is 11.8 Å². The first kappa shape index (κ1) is 19.3. The molecule has 3 nitrogen and oxygen atoms in total. The first-order valence-electron chi connectivity index (χ1n) is 9.25. The summed E-state index contributed by atoms with van der Waals surface area (Å²) < 4.78 is 0. The van der Waals surface area contributed by atoms with E-state index < -0.39 is 0 Å². The molecule has 1 unspecified atom stereocenters. The summed E-state index contributed by atoms with van der Waals surface area (Å²) in [6, 6.07) is 8.73. The fourth-order valence-electron chi connectivity index (χ4n) is 4.14. The predicted octanol–water partition coefficient (Wildman–Crippen LogP) is 3.45.